The number of aromatic nitrogens is 2. The van der Waals surface area contributed by atoms with Crippen LogP contribution in [0.15, 0.2) is 18.2 Å². The van der Waals surface area contributed by atoms with E-state index in [0.717, 1.165) is 24.2 Å². The molecule has 0 saturated carbocycles. The summed E-state index contributed by atoms with van der Waals surface area (Å²) in [6.45, 7) is 6.30. The number of hydrogen-bond donors (Lipinski definition) is 2. The SMILES string of the molecule is Cc1ccc(CCc2nc(N)[nH]c2C)c(C)c1. The summed E-state index contributed by atoms with van der Waals surface area (Å²) < 4.78 is 0. The lowest BCUT2D eigenvalue weighted by molar-refractivity contribution is 0.906. The van der Waals surface area contributed by atoms with Crippen molar-refractivity contribution in [3.63, 3.8) is 0 Å². The van der Waals surface area contributed by atoms with E-state index >= 15 is 0 Å². The molecule has 0 unspecified atom stereocenters. The quantitative estimate of drug-likeness (QED) is 0.850. The fraction of sp³-hybridized carbons (Fsp3) is 0.357. The van der Waals surface area contributed by atoms with Gasteiger partial charge in [-0.15, -0.1) is 0 Å². The van der Waals surface area contributed by atoms with Gasteiger partial charge in [0, 0.05) is 5.69 Å². The molecule has 90 valence electrons. The summed E-state index contributed by atoms with van der Waals surface area (Å²) in [5.74, 6) is 0.512. The third kappa shape index (κ3) is 2.67. The predicted molar refractivity (Wildman–Crippen MR) is 71.1 cm³/mol. The molecule has 0 spiro atoms. The fourth-order valence-electron chi connectivity index (χ4n) is 2.14. The van der Waals surface area contributed by atoms with E-state index in [1.165, 1.54) is 16.7 Å². The van der Waals surface area contributed by atoms with Crippen LogP contribution in [0.1, 0.15) is 28.1 Å². The van der Waals surface area contributed by atoms with Crippen LogP contribution in [0.25, 0.3) is 0 Å². The summed E-state index contributed by atoms with van der Waals surface area (Å²) in [6.07, 6.45) is 1.95. The van der Waals surface area contributed by atoms with Crippen molar-refractivity contribution >= 4 is 5.95 Å². The largest absolute Gasteiger partial charge is 0.369 e. The van der Waals surface area contributed by atoms with Gasteiger partial charge in [0.05, 0.1) is 5.69 Å². The highest BCUT2D eigenvalue weighted by molar-refractivity contribution is 5.32. The first-order valence-corrected chi connectivity index (χ1v) is 5.93. The van der Waals surface area contributed by atoms with E-state index in [-0.39, 0.29) is 0 Å². The molecule has 17 heavy (non-hydrogen) atoms. The van der Waals surface area contributed by atoms with Gasteiger partial charge in [0.2, 0.25) is 0 Å². The molecule has 3 heteroatoms. The monoisotopic (exact) mass is 229 g/mol. The van der Waals surface area contributed by atoms with Crippen molar-refractivity contribution in [3.8, 4) is 0 Å². The van der Waals surface area contributed by atoms with Crippen LogP contribution in [-0.2, 0) is 12.8 Å². The second kappa shape index (κ2) is 4.62. The number of nitrogens with one attached hydrogen (secondary N) is 1. The average Bonchev–Trinajstić information content (AvgIpc) is 2.56. The van der Waals surface area contributed by atoms with Crippen LogP contribution in [0.4, 0.5) is 5.95 Å². The van der Waals surface area contributed by atoms with Crippen LogP contribution < -0.4 is 5.73 Å². The van der Waals surface area contributed by atoms with Gasteiger partial charge in [-0.1, -0.05) is 23.8 Å². The molecular formula is C14H19N3. The molecule has 0 fully saturated rings. The standard InChI is InChI=1S/C14H19N3/c1-9-4-5-12(10(2)8-9)6-7-13-11(3)16-14(15)17-13/h4-5,8H,6-7H2,1-3H3,(H3,15,16,17). The topological polar surface area (TPSA) is 54.7 Å². The van der Waals surface area contributed by atoms with E-state index in [1.807, 2.05) is 6.92 Å². The van der Waals surface area contributed by atoms with E-state index in [4.69, 9.17) is 5.73 Å². The van der Waals surface area contributed by atoms with Crippen molar-refractivity contribution in [1.82, 2.24) is 9.97 Å². The summed E-state index contributed by atoms with van der Waals surface area (Å²) in [6, 6.07) is 6.59. The van der Waals surface area contributed by atoms with E-state index in [1.54, 1.807) is 0 Å². The molecule has 0 saturated heterocycles. The molecule has 0 radical (unpaired) electrons. The molecule has 3 nitrogen and oxygen atoms in total. The Morgan fingerprint density at radius 2 is 1.94 bits per heavy atom. The number of anilines is 1. The normalized spacial score (nSPS) is 10.8. The van der Waals surface area contributed by atoms with Crippen molar-refractivity contribution in [2.45, 2.75) is 33.6 Å². The van der Waals surface area contributed by atoms with Gasteiger partial charge in [-0.3, -0.25) is 0 Å². The summed E-state index contributed by atoms with van der Waals surface area (Å²) >= 11 is 0. The highest BCUT2D eigenvalue weighted by Crippen LogP contribution is 2.15. The van der Waals surface area contributed by atoms with Crippen LogP contribution >= 0.6 is 0 Å². The number of nitrogens with zero attached hydrogens (tertiary/aromatic N) is 1. The number of aromatic amines is 1. The predicted octanol–water partition coefficient (Wildman–Crippen LogP) is 2.70. The van der Waals surface area contributed by atoms with Crippen LogP contribution in [0.2, 0.25) is 0 Å². The molecule has 2 rings (SSSR count). The Kier molecular flexibility index (Phi) is 3.18. The van der Waals surface area contributed by atoms with Gasteiger partial charge in [0.25, 0.3) is 0 Å². The van der Waals surface area contributed by atoms with E-state index in [2.05, 4.69) is 42.0 Å². The number of rotatable bonds is 3. The maximum Gasteiger partial charge on any atom is 0.197 e. The first kappa shape index (κ1) is 11.7. The van der Waals surface area contributed by atoms with E-state index in [0.29, 0.717) is 5.95 Å². The lowest BCUT2D eigenvalue weighted by Gasteiger charge is -2.06. The Morgan fingerprint density at radius 3 is 2.53 bits per heavy atom. The molecule has 1 aromatic heterocycles. The minimum absolute atomic E-state index is 0.512. The Morgan fingerprint density at radius 1 is 1.18 bits per heavy atom. The van der Waals surface area contributed by atoms with Crippen molar-refractivity contribution < 1.29 is 0 Å². The second-order valence-electron chi connectivity index (χ2n) is 4.62. The third-order valence-corrected chi connectivity index (χ3v) is 3.13. The van der Waals surface area contributed by atoms with Gasteiger partial charge in [-0.25, -0.2) is 4.98 Å². The Labute approximate surface area is 102 Å². The molecule has 0 aliphatic carbocycles. The van der Waals surface area contributed by atoms with E-state index in [9.17, 15) is 0 Å². The lowest BCUT2D eigenvalue weighted by atomic mass is 10.0. The zero-order chi connectivity index (χ0) is 12.4. The number of nitrogen functional groups attached to an aromatic ring is 1. The molecule has 3 N–H and O–H groups in total. The number of imidazole rings is 1. The smallest absolute Gasteiger partial charge is 0.197 e. The average molecular weight is 229 g/mol. The maximum atomic E-state index is 5.63. The number of aryl methyl sites for hydroxylation is 5. The number of hydrogen-bond acceptors (Lipinski definition) is 2. The molecule has 0 aliphatic heterocycles. The van der Waals surface area contributed by atoms with Crippen LogP contribution in [0, 0.1) is 20.8 Å². The summed E-state index contributed by atoms with van der Waals surface area (Å²) in [7, 11) is 0. The number of H-pyrrole nitrogens is 1. The summed E-state index contributed by atoms with van der Waals surface area (Å²) in [5.41, 5.74) is 11.8. The molecule has 2 aromatic rings. The maximum absolute atomic E-state index is 5.63. The van der Waals surface area contributed by atoms with Gasteiger partial charge < -0.3 is 10.7 Å². The molecule has 1 aromatic carbocycles. The zero-order valence-corrected chi connectivity index (χ0v) is 10.7. The Bertz CT molecular complexity index is 526. The molecular weight excluding hydrogens is 210 g/mol. The minimum Gasteiger partial charge on any atom is -0.369 e. The summed E-state index contributed by atoms with van der Waals surface area (Å²) in [5, 5.41) is 0. The van der Waals surface area contributed by atoms with Crippen molar-refractivity contribution in [1.29, 1.82) is 0 Å². The number of benzene rings is 1. The third-order valence-electron chi connectivity index (χ3n) is 3.13. The van der Waals surface area contributed by atoms with Crippen LogP contribution in [0.5, 0.6) is 0 Å². The highest BCUT2D eigenvalue weighted by atomic mass is 15.0. The van der Waals surface area contributed by atoms with Gasteiger partial charge in [-0.05, 0) is 44.7 Å². The summed E-state index contributed by atoms with van der Waals surface area (Å²) in [4.78, 5) is 7.33. The highest BCUT2D eigenvalue weighted by Gasteiger charge is 2.06. The van der Waals surface area contributed by atoms with Crippen LogP contribution in [0.3, 0.4) is 0 Å². The van der Waals surface area contributed by atoms with Crippen molar-refractivity contribution in [2.24, 2.45) is 0 Å². The van der Waals surface area contributed by atoms with Crippen molar-refractivity contribution in [3.05, 3.63) is 46.3 Å². The fourth-order valence-corrected chi connectivity index (χ4v) is 2.14. The first-order chi connectivity index (χ1) is 8.06. The second-order valence-corrected chi connectivity index (χ2v) is 4.62. The van der Waals surface area contributed by atoms with Gasteiger partial charge in [-0.2, -0.15) is 0 Å². The lowest BCUT2D eigenvalue weighted by Crippen LogP contribution is -1.96. The first-order valence-electron chi connectivity index (χ1n) is 5.93. The van der Waals surface area contributed by atoms with Crippen molar-refractivity contribution in [2.75, 3.05) is 5.73 Å². The van der Waals surface area contributed by atoms with Crippen LogP contribution in [-0.4, -0.2) is 9.97 Å². The zero-order valence-electron chi connectivity index (χ0n) is 10.7. The van der Waals surface area contributed by atoms with E-state index < -0.39 is 0 Å². The molecule has 1 heterocycles. The minimum atomic E-state index is 0.512. The number of nitrogens with two attached hydrogens (primary N) is 1. The Hall–Kier alpha value is -1.77. The van der Waals surface area contributed by atoms with Gasteiger partial charge >= 0.3 is 0 Å². The van der Waals surface area contributed by atoms with Gasteiger partial charge in [0.15, 0.2) is 5.95 Å². The van der Waals surface area contributed by atoms with Gasteiger partial charge in [0.1, 0.15) is 0 Å². The molecule has 0 amide bonds. The molecule has 0 aliphatic rings. The molecule has 0 bridgehead atoms. The molecule has 0 atom stereocenters. The Balaban J connectivity index is 2.10.